The molecular weight excluding hydrogens is 402 g/mol. The molecule has 6 rings (SSSR count). The van der Waals surface area contributed by atoms with Gasteiger partial charge in [0.1, 0.15) is 5.39 Å². The molecule has 0 saturated carbocycles. The first-order valence-electron chi connectivity index (χ1n) is 10.1. The topological polar surface area (TPSA) is 82.0 Å². The molecule has 0 saturated heterocycles. The molecule has 0 amide bonds. The van der Waals surface area contributed by atoms with E-state index in [4.69, 9.17) is 0 Å². The van der Waals surface area contributed by atoms with E-state index in [2.05, 4.69) is 20.6 Å². The van der Waals surface area contributed by atoms with Gasteiger partial charge in [0.15, 0.2) is 5.65 Å². The molecular formula is C24H17N7O. The smallest absolute Gasteiger partial charge is 0.270 e. The van der Waals surface area contributed by atoms with Crippen LogP contribution in [0.15, 0.2) is 102 Å². The quantitative estimate of drug-likeness (QED) is 0.468. The number of hydrogen-bond donors (Lipinski definition) is 1. The number of aromatic nitrogens is 6. The van der Waals surface area contributed by atoms with Crippen molar-refractivity contribution in [2.75, 3.05) is 5.32 Å². The van der Waals surface area contributed by atoms with Crippen LogP contribution in [0.2, 0.25) is 0 Å². The average Bonchev–Trinajstić information content (AvgIpc) is 3.46. The largest absolute Gasteiger partial charge is 0.324 e. The van der Waals surface area contributed by atoms with Crippen LogP contribution in [0.3, 0.4) is 0 Å². The summed E-state index contributed by atoms with van der Waals surface area (Å²) in [4.78, 5) is 13.6. The minimum Gasteiger partial charge on any atom is -0.324 e. The van der Waals surface area contributed by atoms with Crippen LogP contribution in [-0.2, 0) is 0 Å². The number of benzene rings is 3. The van der Waals surface area contributed by atoms with Gasteiger partial charge in [0.2, 0.25) is 11.7 Å². The van der Waals surface area contributed by atoms with Crippen LogP contribution in [0.1, 0.15) is 0 Å². The molecule has 8 nitrogen and oxygen atoms in total. The van der Waals surface area contributed by atoms with Crippen molar-refractivity contribution in [1.29, 1.82) is 0 Å². The first-order chi connectivity index (χ1) is 15.8. The predicted octanol–water partition coefficient (Wildman–Crippen LogP) is 3.96. The van der Waals surface area contributed by atoms with E-state index in [9.17, 15) is 4.79 Å². The molecule has 0 spiro atoms. The summed E-state index contributed by atoms with van der Waals surface area (Å²) in [6, 6.07) is 28.8. The lowest BCUT2D eigenvalue weighted by molar-refractivity contribution is 0.879. The Morgan fingerprint density at radius 3 is 2.03 bits per heavy atom. The van der Waals surface area contributed by atoms with Crippen molar-refractivity contribution in [2.45, 2.75) is 0 Å². The lowest BCUT2D eigenvalue weighted by Gasteiger charge is -2.12. The molecule has 3 heterocycles. The third-order valence-corrected chi connectivity index (χ3v) is 5.28. The number of anilines is 2. The maximum absolute atomic E-state index is 13.6. The van der Waals surface area contributed by atoms with Crippen molar-refractivity contribution in [3.8, 4) is 11.4 Å². The van der Waals surface area contributed by atoms with Crippen LogP contribution in [-0.4, -0.2) is 28.9 Å². The van der Waals surface area contributed by atoms with E-state index in [1.54, 1.807) is 15.4 Å². The highest BCUT2D eigenvalue weighted by Gasteiger charge is 2.21. The Morgan fingerprint density at radius 1 is 0.719 bits per heavy atom. The number of para-hydroxylation sites is 3. The average molecular weight is 419 g/mol. The number of hydrogen-bond acceptors (Lipinski definition) is 5. The van der Waals surface area contributed by atoms with Crippen molar-refractivity contribution in [3.63, 3.8) is 0 Å². The first-order valence-corrected chi connectivity index (χ1v) is 10.1. The van der Waals surface area contributed by atoms with E-state index in [0.717, 1.165) is 11.4 Å². The zero-order valence-corrected chi connectivity index (χ0v) is 16.8. The number of fused-ring (bicyclic) bond motifs is 3. The van der Waals surface area contributed by atoms with Gasteiger partial charge in [-0.15, -0.1) is 10.2 Å². The predicted molar refractivity (Wildman–Crippen MR) is 123 cm³/mol. The zero-order chi connectivity index (χ0) is 21.5. The van der Waals surface area contributed by atoms with Crippen molar-refractivity contribution in [1.82, 2.24) is 28.9 Å². The Bertz CT molecular complexity index is 1600. The Hall–Kier alpha value is -4.72. The highest BCUT2D eigenvalue weighted by Crippen LogP contribution is 2.24. The second kappa shape index (κ2) is 7.21. The monoisotopic (exact) mass is 419 g/mol. The second-order valence-corrected chi connectivity index (χ2v) is 7.26. The van der Waals surface area contributed by atoms with Crippen molar-refractivity contribution >= 4 is 28.4 Å². The van der Waals surface area contributed by atoms with Crippen LogP contribution in [0.4, 0.5) is 11.6 Å². The Morgan fingerprint density at radius 2 is 1.34 bits per heavy atom. The standard InChI is InChI=1S/C24H17N7O/c32-22-20-16-25-31(19-14-8-3-9-15-19)21(20)30-23(26-17-10-4-1-5-11-17)27-28-24(30)29(22)18-12-6-2-7-13-18/h1-16H,(H,26,27). The molecule has 1 N–H and O–H groups in total. The number of nitrogens with one attached hydrogen (secondary N) is 1. The van der Waals surface area contributed by atoms with Gasteiger partial charge in [-0.25, -0.2) is 13.6 Å². The summed E-state index contributed by atoms with van der Waals surface area (Å²) in [7, 11) is 0. The molecule has 0 bridgehead atoms. The Labute approximate surface area is 182 Å². The van der Waals surface area contributed by atoms with Crippen molar-refractivity contribution in [2.24, 2.45) is 0 Å². The van der Waals surface area contributed by atoms with Gasteiger partial charge in [-0.05, 0) is 36.4 Å². The highest BCUT2D eigenvalue weighted by atomic mass is 16.1. The molecule has 0 fully saturated rings. The van der Waals surface area contributed by atoms with Crippen molar-refractivity contribution < 1.29 is 0 Å². The third-order valence-electron chi connectivity index (χ3n) is 5.28. The molecule has 6 aromatic rings. The molecule has 3 aromatic heterocycles. The molecule has 0 aliphatic heterocycles. The SMILES string of the molecule is O=c1c2cnn(-c3ccccc3)c2n2c(Nc3ccccc3)nnc2n1-c1ccccc1. The molecule has 0 atom stereocenters. The van der Waals surface area contributed by atoms with Gasteiger partial charge in [-0.1, -0.05) is 54.6 Å². The molecule has 154 valence electrons. The summed E-state index contributed by atoms with van der Waals surface area (Å²) >= 11 is 0. The van der Waals surface area contributed by atoms with Gasteiger partial charge in [0.05, 0.1) is 17.6 Å². The van der Waals surface area contributed by atoms with Gasteiger partial charge in [-0.3, -0.25) is 4.79 Å². The normalized spacial score (nSPS) is 11.2. The summed E-state index contributed by atoms with van der Waals surface area (Å²) in [5.74, 6) is 0.878. The molecule has 0 aliphatic rings. The Kier molecular flexibility index (Phi) is 4.07. The summed E-state index contributed by atoms with van der Waals surface area (Å²) in [5, 5.41) is 17.1. The minimum atomic E-state index is -0.209. The van der Waals surface area contributed by atoms with Crippen LogP contribution in [0.5, 0.6) is 0 Å². The van der Waals surface area contributed by atoms with E-state index in [1.165, 1.54) is 0 Å². The third kappa shape index (κ3) is 2.78. The second-order valence-electron chi connectivity index (χ2n) is 7.26. The van der Waals surface area contributed by atoms with Crippen LogP contribution in [0, 0.1) is 0 Å². The van der Waals surface area contributed by atoms with E-state index in [0.29, 0.717) is 28.4 Å². The van der Waals surface area contributed by atoms with Crippen LogP contribution < -0.4 is 10.9 Å². The van der Waals surface area contributed by atoms with E-state index < -0.39 is 0 Å². The molecule has 0 unspecified atom stereocenters. The summed E-state index contributed by atoms with van der Waals surface area (Å²) in [5.41, 5.74) is 2.78. The maximum Gasteiger partial charge on any atom is 0.270 e. The molecule has 0 aliphatic carbocycles. The molecule has 8 heteroatoms. The lowest BCUT2D eigenvalue weighted by Crippen LogP contribution is -2.22. The fourth-order valence-corrected chi connectivity index (χ4v) is 3.83. The minimum absolute atomic E-state index is 0.209. The van der Waals surface area contributed by atoms with Gasteiger partial charge >= 0.3 is 0 Å². The molecule has 32 heavy (non-hydrogen) atoms. The number of rotatable bonds is 4. The van der Waals surface area contributed by atoms with E-state index >= 15 is 0 Å². The zero-order valence-electron chi connectivity index (χ0n) is 16.8. The molecule has 3 aromatic carbocycles. The van der Waals surface area contributed by atoms with Gasteiger partial charge < -0.3 is 5.32 Å². The maximum atomic E-state index is 13.6. The van der Waals surface area contributed by atoms with Gasteiger partial charge in [0, 0.05) is 5.69 Å². The van der Waals surface area contributed by atoms with E-state index in [1.807, 2.05) is 95.4 Å². The Balaban J connectivity index is 1.72. The van der Waals surface area contributed by atoms with Crippen LogP contribution in [0.25, 0.3) is 28.2 Å². The molecule has 0 radical (unpaired) electrons. The van der Waals surface area contributed by atoms with Gasteiger partial charge in [-0.2, -0.15) is 5.10 Å². The fraction of sp³-hybridized carbons (Fsp3) is 0. The summed E-state index contributed by atoms with van der Waals surface area (Å²) in [6.45, 7) is 0. The fourth-order valence-electron chi connectivity index (χ4n) is 3.83. The van der Waals surface area contributed by atoms with Crippen molar-refractivity contribution in [3.05, 3.63) is 108 Å². The summed E-state index contributed by atoms with van der Waals surface area (Å²) < 4.78 is 5.12. The van der Waals surface area contributed by atoms with E-state index in [-0.39, 0.29) is 5.56 Å². The number of nitrogens with zero attached hydrogens (tertiary/aromatic N) is 6. The summed E-state index contributed by atoms with van der Waals surface area (Å²) in [6.07, 6.45) is 1.59. The highest BCUT2D eigenvalue weighted by molar-refractivity contribution is 5.81. The van der Waals surface area contributed by atoms with Gasteiger partial charge in [0.25, 0.3) is 5.56 Å². The lowest BCUT2D eigenvalue weighted by atomic mass is 10.3. The van der Waals surface area contributed by atoms with Crippen LogP contribution >= 0.6 is 0 Å². The first kappa shape index (κ1) is 18.1.